The molecule has 0 spiro atoms. The molecule has 0 fully saturated rings. The number of benzene rings is 3. The molecule has 7 rings (SSSR count). The van der Waals surface area contributed by atoms with E-state index in [1.54, 1.807) is 0 Å². The van der Waals surface area contributed by atoms with E-state index in [0.29, 0.717) is 12.8 Å². The SMILES string of the molecule is O=C(CCCCCNC(c1ccccc1)(c1ccccc1)c1ccccc1)Nc1nc(C(=O)Nc2nc(C(=O)Nc3nc(C(=O)Nc4nc(C(=O)O)cs4)cs3)cs2)cs1. The van der Waals surface area contributed by atoms with Crippen LogP contribution in [-0.2, 0) is 10.3 Å². The van der Waals surface area contributed by atoms with Gasteiger partial charge in [0.05, 0.1) is 5.54 Å². The van der Waals surface area contributed by atoms with Gasteiger partial charge in [0.15, 0.2) is 26.2 Å². The van der Waals surface area contributed by atoms with Crippen molar-refractivity contribution in [2.24, 2.45) is 0 Å². The Hall–Kier alpha value is -6.51. The molecule has 0 radical (unpaired) electrons. The number of unbranched alkanes of at least 4 members (excludes halogenated alkanes) is 2. The number of amides is 4. The minimum atomic E-state index is -1.22. The smallest absolute Gasteiger partial charge is 0.355 e. The minimum absolute atomic E-state index is 0.00501. The third-order valence-corrected chi connectivity index (χ3v) is 12.0. The zero-order chi connectivity index (χ0) is 41.9. The Balaban J connectivity index is 0.852. The molecule has 4 heterocycles. The average molecular weight is 878 g/mol. The summed E-state index contributed by atoms with van der Waals surface area (Å²) in [4.78, 5) is 78.4. The van der Waals surface area contributed by atoms with Gasteiger partial charge in [-0.15, -0.1) is 45.3 Å². The van der Waals surface area contributed by atoms with E-state index in [2.05, 4.69) is 119 Å². The molecular weight excluding hydrogens is 843 g/mol. The summed E-state index contributed by atoms with van der Waals surface area (Å²) in [5, 5.41) is 29.6. The monoisotopic (exact) mass is 877 g/mol. The summed E-state index contributed by atoms with van der Waals surface area (Å²) in [6.07, 6.45) is 2.64. The lowest BCUT2D eigenvalue weighted by molar-refractivity contribution is -0.116. The van der Waals surface area contributed by atoms with Gasteiger partial charge in [0.25, 0.3) is 17.7 Å². The van der Waals surface area contributed by atoms with Crippen molar-refractivity contribution in [3.8, 4) is 0 Å². The van der Waals surface area contributed by atoms with E-state index in [1.165, 1.54) is 21.5 Å². The van der Waals surface area contributed by atoms with Crippen molar-refractivity contribution in [1.29, 1.82) is 0 Å². The molecule has 4 aromatic heterocycles. The maximum Gasteiger partial charge on any atom is 0.355 e. The van der Waals surface area contributed by atoms with Crippen molar-refractivity contribution in [1.82, 2.24) is 25.3 Å². The second kappa shape index (κ2) is 19.5. The molecular formula is C41H35N9O6S4. The van der Waals surface area contributed by atoms with Crippen molar-refractivity contribution in [2.45, 2.75) is 31.2 Å². The van der Waals surface area contributed by atoms with Crippen molar-refractivity contribution in [3.63, 3.8) is 0 Å². The summed E-state index contributed by atoms with van der Waals surface area (Å²) < 4.78 is 0. The van der Waals surface area contributed by atoms with E-state index in [-0.39, 0.29) is 49.2 Å². The number of carboxylic acid groups (broad SMARTS) is 1. The molecule has 0 saturated carbocycles. The van der Waals surface area contributed by atoms with Crippen molar-refractivity contribution in [2.75, 3.05) is 27.8 Å². The van der Waals surface area contributed by atoms with Crippen LogP contribution in [0.3, 0.4) is 0 Å². The second-order valence-corrected chi connectivity index (χ2v) is 16.4. The van der Waals surface area contributed by atoms with Crippen LogP contribution >= 0.6 is 45.3 Å². The Morgan fingerprint density at radius 3 is 1.23 bits per heavy atom. The van der Waals surface area contributed by atoms with Gasteiger partial charge in [-0.3, -0.25) is 40.4 Å². The Morgan fingerprint density at radius 2 is 0.850 bits per heavy atom. The van der Waals surface area contributed by atoms with Crippen molar-refractivity contribution in [3.05, 3.63) is 152 Å². The van der Waals surface area contributed by atoms with Gasteiger partial charge in [-0.25, -0.2) is 24.7 Å². The molecule has 19 heteroatoms. The van der Waals surface area contributed by atoms with E-state index in [0.717, 1.165) is 81.4 Å². The standard InChI is InChI=1S/C41H35N9O6S4/c51-32(19-11-4-12-20-42-41(25-13-5-1-6-14-25,26-15-7-2-8-16-26)27-17-9-3-10-18-27)47-37-43-28(21-57-37)33(52)48-38-44-29(22-58-38)34(53)49-39-45-30(23-59-39)35(54)50-40-46-31(24-60-40)36(55)56/h1-3,5-10,13-18,21-24,42H,4,11-12,19-20H2,(H,55,56)(H,43,47,51)(H,44,48,52)(H,45,49,53)(H,46,50,54). The molecule has 304 valence electrons. The summed E-state index contributed by atoms with van der Waals surface area (Å²) in [6, 6.07) is 31.2. The molecule has 0 unspecified atom stereocenters. The molecule has 0 aliphatic heterocycles. The Labute approximate surface area is 359 Å². The van der Waals surface area contributed by atoms with Gasteiger partial charge in [-0.05, 0) is 36.1 Å². The fraction of sp³-hybridized carbons (Fsp3) is 0.146. The fourth-order valence-electron chi connectivity index (χ4n) is 6.13. The molecule has 0 aliphatic rings. The highest BCUT2D eigenvalue weighted by Crippen LogP contribution is 2.37. The Kier molecular flexibility index (Phi) is 13.5. The van der Waals surface area contributed by atoms with Crippen LogP contribution in [0.1, 0.15) is 84.3 Å². The van der Waals surface area contributed by atoms with Crippen LogP contribution in [0.15, 0.2) is 113 Å². The van der Waals surface area contributed by atoms with E-state index in [9.17, 15) is 24.0 Å². The number of thiazole rings is 4. The molecule has 0 atom stereocenters. The molecule has 0 saturated heterocycles. The van der Waals surface area contributed by atoms with E-state index in [1.807, 2.05) is 18.2 Å². The number of carbonyl (C=O) groups is 5. The molecule has 0 bridgehead atoms. The number of hydrogen-bond acceptors (Lipinski definition) is 14. The van der Waals surface area contributed by atoms with E-state index < -0.39 is 29.2 Å². The second-order valence-electron chi connectivity index (χ2n) is 13.0. The van der Waals surface area contributed by atoms with E-state index in [4.69, 9.17) is 5.11 Å². The third kappa shape index (κ3) is 10.2. The van der Waals surface area contributed by atoms with Gasteiger partial charge in [-0.1, -0.05) is 97.4 Å². The number of nitrogens with one attached hydrogen (secondary N) is 5. The van der Waals surface area contributed by atoms with Crippen LogP contribution < -0.4 is 26.6 Å². The number of anilines is 4. The Morgan fingerprint density at radius 1 is 0.483 bits per heavy atom. The first-order chi connectivity index (χ1) is 29.2. The molecule has 60 heavy (non-hydrogen) atoms. The van der Waals surface area contributed by atoms with Crippen LogP contribution in [-0.4, -0.2) is 61.2 Å². The Bertz CT molecular complexity index is 2500. The first-order valence-corrected chi connectivity index (χ1v) is 21.9. The normalized spacial score (nSPS) is 11.1. The lowest BCUT2D eigenvalue weighted by atomic mass is 9.77. The van der Waals surface area contributed by atoms with Gasteiger partial charge in [-0.2, -0.15) is 0 Å². The summed E-state index contributed by atoms with van der Waals surface area (Å²) in [5.41, 5.74) is 2.74. The molecule has 7 aromatic rings. The molecule has 15 nitrogen and oxygen atoms in total. The van der Waals surface area contributed by atoms with Crippen LogP contribution in [0.2, 0.25) is 0 Å². The molecule has 0 aliphatic carbocycles. The number of rotatable bonds is 18. The lowest BCUT2D eigenvalue weighted by Crippen LogP contribution is -2.45. The van der Waals surface area contributed by atoms with Gasteiger partial charge in [0, 0.05) is 27.9 Å². The summed E-state index contributed by atoms with van der Waals surface area (Å²) >= 11 is 4.10. The maximum absolute atomic E-state index is 12.9. The van der Waals surface area contributed by atoms with Crippen LogP contribution in [0.25, 0.3) is 0 Å². The highest BCUT2D eigenvalue weighted by molar-refractivity contribution is 7.15. The fourth-order valence-corrected chi connectivity index (χ4v) is 8.89. The predicted molar refractivity (Wildman–Crippen MR) is 234 cm³/mol. The number of carboxylic acids is 1. The zero-order valence-electron chi connectivity index (χ0n) is 31.4. The summed E-state index contributed by atoms with van der Waals surface area (Å²) in [5.74, 6) is -3.23. The number of hydrogen-bond donors (Lipinski definition) is 6. The number of nitrogens with zero attached hydrogens (tertiary/aromatic N) is 4. The zero-order valence-corrected chi connectivity index (χ0v) is 34.7. The maximum atomic E-state index is 12.9. The van der Waals surface area contributed by atoms with Gasteiger partial charge in [0.1, 0.15) is 17.1 Å². The summed E-state index contributed by atoms with van der Waals surface area (Å²) in [6.45, 7) is 0.721. The summed E-state index contributed by atoms with van der Waals surface area (Å²) in [7, 11) is 0. The number of aromatic carboxylic acids is 1. The average Bonchev–Trinajstić information content (AvgIpc) is 4.11. The largest absolute Gasteiger partial charge is 0.476 e. The first-order valence-electron chi connectivity index (χ1n) is 18.4. The van der Waals surface area contributed by atoms with Crippen LogP contribution in [0, 0.1) is 0 Å². The molecule has 4 amide bonds. The van der Waals surface area contributed by atoms with Gasteiger partial charge < -0.3 is 10.4 Å². The number of aromatic nitrogens is 4. The van der Waals surface area contributed by atoms with E-state index >= 15 is 0 Å². The van der Waals surface area contributed by atoms with Crippen LogP contribution in [0.4, 0.5) is 20.5 Å². The van der Waals surface area contributed by atoms with Crippen LogP contribution in [0.5, 0.6) is 0 Å². The van der Waals surface area contributed by atoms with Crippen molar-refractivity contribution < 1.29 is 29.1 Å². The highest BCUT2D eigenvalue weighted by Gasteiger charge is 2.35. The topological polar surface area (TPSA) is 217 Å². The van der Waals surface area contributed by atoms with Gasteiger partial charge >= 0.3 is 5.97 Å². The quantitative estimate of drug-likeness (QED) is 0.0358. The molecule has 6 N–H and O–H groups in total. The number of carbonyl (C=O) groups excluding carboxylic acids is 4. The molecule has 3 aromatic carbocycles. The third-order valence-electron chi connectivity index (χ3n) is 8.93. The first kappa shape index (κ1) is 41.6. The van der Waals surface area contributed by atoms with Gasteiger partial charge in [0.2, 0.25) is 5.91 Å². The minimum Gasteiger partial charge on any atom is -0.476 e. The lowest BCUT2D eigenvalue weighted by Gasteiger charge is -2.37. The predicted octanol–water partition coefficient (Wildman–Crippen LogP) is 8.05. The van der Waals surface area contributed by atoms with Crippen molar-refractivity contribution >= 4 is 95.5 Å². The highest BCUT2D eigenvalue weighted by atomic mass is 32.1.